The van der Waals surface area contributed by atoms with Crippen molar-refractivity contribution in [2.45, 2.75) is 52.3 Å². The number of likely N-dealkylation sites (tertiary alicyclic amines) is 1. The summed E-state index contributed by atoms with van der Waals surface area (Å²) in [6.07, 6.45) is 2.66. The van der Waals surface area contributed by atoms with Gasteiger partial charge in [-0.3, -0.25) is 4.90 Å². The van der Waals surface area contributed by atoms with Crippen LogP contribution >= 0.6 is 11.6 Å². The van der Waals surface area contributed by atoms with Crippen LogP contribution in [0.3, 0.4) is 0 Å². The van der Waals surface area contributed by atoms with Gasteiger partial charge in [-0.25, -0.2) is 0 Å². The molecule has 130 valence electrons. The molecule has 0 saturated carbocycles. The summed E-state index contributed by atoms with van der Waals surface area (Å²) in [5.74, 6) is 1.48. The molecule has 5 heteroatoms. The highest BCUT2D eigenvalue weighted by Crippen LogP contribution is 2.35. The number of benzene rings is 1. The second kappa shape index (κ2) is 8.76. The zero-order chi connectivity index (χ0) is 16.8. The van der Waals surface area contributed by atoms with Crippen LogP contribution in [0.15, 0.2) is 12.1 Å². The summed E-state index contributed by atoms with van der Waals surface area (Å²) < 4.78 is 11.4. The standard InChI is InChI=1S/C18H29ClN2O2/c1-5-21-8-6-7-16(21)12-20-11-14-9-15(19)10-17(22-4)18(14)23-13(2)3/h9-10,13,16,20H,5-8,11-12H2,1-4H3. The zero-order valence-corrected chi connectivity index (χ0v) is 15.4. The van der Waals surface area contributed by atoms with Crippen molar-refractivity contribution in [2.24, 2.45) is 0 Å². The summed E-state index contributed by atoms with van der Waals surface area (Å²) in [7, 11) is 1.65. The van der Waals surface area contributed by atoms with Crippen molar-refractivity contribution in [3.63, 3.8) is 0 Å². The van der Waals surface area contributed by atoms with Crippen molar-refractivity contribution >= 4 is 11.6 Å². The quantitative estimate of drug-likeness (QED) is 0.782. The Bertz CT molecular complexity index is 508. The van der Waals surface area contributed by atoms with Crippen LogP contribution in [0.2, 0.25) is 5.02 Å². The van der Waals surface area contributed by atoms with Gasteiger partial charge in [-0.05, 0) is 45.8 Å². The Morgan fingerprint density at radius 1 is 1.39 bits per heavy atom. The van der Waals surface area contributed by atoms with Crippen LogP contribution < -0.4 is 14.8 Å². The number of halogens is 1. The highest BCUT2D eigenvalue weighted by molar-refractivity contribution is 6.30. The number of hydrogen-bond donors (Lipinski definition) is 1. The summed E-state index contributed by atoms with van der Waals surface area (Å²) in [6, 6.07) is 4.40. The third-order valence-corrected chi connectivity index (χ3v) is 4.49. The number of rotatable bonds is 8. The maximum atomic E-state index is 6.22. The number of likely N-dealkylation sites (N-methyl/N-ethyl adjacent to an activating group) is 1. The van der Waals surface area contributed by atoms with Gasteiger partial charge in [0.25, 0.3) is 0 Å². The normalized spacial score (nSPS) is 18.6. The predicted octanol–water partition coefficient (Wildman–Crippen LogP) is 3.71. The highest BCUT2D eigenvalue weighted by Gasteiger charge is 2.22. The smallest absolute Gasteiger partial charge is 0.166 e. The fourth-order valence-corrected chi connectivity index (χ4v) is 3.42. The largest absolute Gasteiger partial charge is 0.493 e. The molecule has 0 spiro atoms. The van der Waals surface area contributed by atoms with Gasteiger partial charge in [-0.1, -0.05) is 18.5 Å². The van der Waals surface area contributed by atoms with Crippen LogP contribution in [-0.2, 0) is 6.54 Å². The Morgan fingerprint density at radius 3 is 2.83 bits per heavy atom. The molecule has 0 bridgehead atoms. The van der Waals surface area contributed by atoms with Gasteiger partial charge in [-0.2, -0.15) is 0 Å². The van der Waals surface area contributed by atoms with E-state index in [1.165, 1.54) is 19.4 Å². The van der Waals surface area contributed by atoms with Crippen molar-refractivity contribution < 1.29 is 9.47 Å². The Kier molecular flexibility index (Phi) is 7.00. The second-order valence-electron chi connectivity index (χ2n) is 6.32. The van der Waals surface area contributed by atoms with Gasteiger partial charge in [-0.15, -0.1) is 0 Å². The lowest BCUT2D eigenvalue weighted by molar-refractivity contribution is 0.226. The molecule has 4 nitrogen and oxygen atoms in total. The molecular formula is C18H29ClN2O2. The fraction of sp³-hybridized carbons (Fsp3) is 0.667. The molecule has 0 aromatic heterocycles. The van der Waals surface area contributed by atoms with Crippen molar-refractivity contribution in [2.75, 3.05) is 26.7 Å². The lowest BCUT2D eigenvalue weighted by Gasteiger charge is -2.23. The maximum absolute atomic E-state index is 6.22. The lowest BCUT2D eigenvalue weighted by atomic mass is 10.1. The summed E-state index contributed by atoms with van der Waals surface area (Å²) in [6.45, 7) is 10.3. The highest BCUT2D eigenvalue weighted by atomic mass is 35.5. The average Bonchev–Trinajstić information content (AvgIpc) is 2.96. The lowest BCUT2D eigenvalue weighted by Crippen LogP contribution is -2.37. The Labute approximate surface area is 145 Å². The average molecular weight is 341 g/mol. The van der Waals surface area contributed by atoms with E-state index >= 15 is 0 Å². The van der Waals surface area contributed by atoms with E-state index in [4.69, 9.17) is 21.1 Å². The molecule has 1 aromatic rings. The summed E-state index contributed by atoms with van der Waals surface area (Å²) in [5.41, 5.74) is 1.05. The van der Waals surface area contributed by atoms with Gasteiger partial charge >= 0.3 is 0 Å². The van der Waals surface area contributed by atoms with Gasteiger partial charge in [0.2, 0.25) is 0 Å². The molecule has 1 aliphatic heterocycles. The van der Waals surface area contributed by atoms with E-state index in [2.05, 4.69) is 17.1 Å². The van der Waals surface area contributed by atoms with E-state index in [0.717, 1.165) is 30.9 Å². The first-order valence-electron chi connectivity index (χ1n) is 8.53. The first-order valence-corrected chi connectivity index (χ1v) is 8.90. The maximum Gasteiger partial charge on any atom is 0.166 e. The van der Waals surface area contributed by atoms with E-state index in [-0.39, 0.29) is 6.10 Å². The summed E-state index contributed by atoms with van der Waals surface area (Å²) >= 11 is 6.22. The zero-order valence-electron chi connectivity index (χ0n) is 14.7. The van der Waals surface area contributed by atoms with Crippen molar-refractivity contribution in [1.82, 2.24) is 10.2 Å². The molecule has 0 aliphatic carbocycles. The predicted molar refractivity (Wildman–Crippen MR) is 95.7 cm³/mol. The minimum atomic E-state index is 0.0919. The monoisotopic (exact) mass is 340 g/mol. The van der Waals surface area contributed by atoms with Gasteiger partial charge in [0.05, 0.1) is 13.2 Å². The Balaban J connectivity index is 2.04. The van der Waals surface area contributed by atoms with Crippen molar-refractivity contribution in [3.05, 3.63) is 22.7 Å². The van der Waals surface area contributed by atoms with Crippen molar-refractivity contribution in [1.29, 1.82) is 0 Å². The minimum Gasteiger partial charge on any atom is -0.493 e. The molecule has 1 aliphatic rings. The molecule has 1 fully saturated rings. The van der Waals surface area contributed by atoms with Gasteiger partial charge in [0, 0.05) is 35.8 Å². The number of hydrogen-bond acceptors (Lipinski definition) is 4. The SMILES string of the molecule is CCN1CCCC1CNCc1cc(Cl)cc(OC)c1OC(C)C. The molecule has 1 aromatic carbocycles. The molecule has 1 N–H and O–H groups in total. The molecule has 0 amide bonds. The summed E-state index contributed by atoms with van der Waals surface area (Å²) in [5, 5.41) is 4.24. The molecule has 1 heterocycles. The molecular weight excluding hydrogens is 312 g/mol. The van der Waals surface area contributed by atoms with Crippen LogP contribution in [0.25, 0.3) is 0 Å². The minimum absolute atomic E-state index is 0.0919. The van der Waals surface area contributed by atoms with Gasteiger partial charge < -0.3 is 14.8 Å². The fourth-order valence-electron chi connectivity index (χ4n) is 3.19. The number of nitrogens with zero attached hydrogens (tertiary/aromatic N) is 1. The number of ether oxygens (including phenoxy) is 2. The van der Waals surface area contributed by atoms with E-state index in [1.807, 2.05) is 19.9 Å². The van der Waals surface area contributed by atoms with Crippen LogP contribution in [0, 0.1) is 0 Å². The van der Waals surface area contributed by atoms with E-state index in [1.54, 1.807) is 13.2 Å². The molecule has 1 saturated heterocycles. The van der Waals surface area contributed by atoms with E-state index in [9.17, 15) is 0 Å². The molecule has 1 atom stereocenters. The molecule has 2 rings (SSSR count). The summed E-state index contributed by atoms with van der Waals surface area (Å²) in [4.78, 5) is 2.54. The number of methoxy groups -OCH3 is 1. The third-order valence-electron chi connectivity index (χ3n) is 4.27. The Hall–Kier alpha value is -0.970. The van der Waals surface area contributed by atoms with Crippen LogP contribution in [-0.4, -0.2) is 43.8 Å². The number of nitrogens with one attached hydrogen (secondary N) is 1. The Morgan fingerprint density at radius 2 is 2.17 bits per heavy atom. The third kappa shape index (κ3) is 5.00. The van der Waals surface area contributed by atoms with Crippen LogP contribution in [0.1, 0.15) is 39.2 Å². The van der Waals surface area contributed by atoms with Crippen LogP contribution in [0.5, 0.6) is 11.5 Å². The van der Waals surface area contributed by atoms with Crippen molar-refractivity contribution in [3.8, 4) is 11.5 Å². The molecule has 1 unspecified atom stereocenters. The molecule has 0 radical (unpaired) electrons. The van der Waals surface area contributed by atoms with Gasteiger partial charge in [0.15, 0.2) is 11.5 Å². The van der Waals surface area contributed by atoms with E-state index in [0.29, 0.717) is 16.8 Å². The van der Waals surface area contributed by atoms with Gasteiger partial charge in [0.1, 0.15) is 0 Å². The second-order valence-corrected chi connectivity index (χ2v) is 6.75. The first kappa shape index (κ1) is 18.4. The van der Waals surface area contributed by atoms with E-state index < -0.39 is 0 Å². The topological polar surface area (TPSA) is 33.7 Å². The van der Waals surface area contributed by atoms with Crippen LogP contribution in [0.4, 0.5) is 0 Å². The molecule has 23 heavy (non-hydrogen) atoms. The first-order chi connectivity index (χ1) is 11.0.